The second kappa shape index (κ2) is 10.8. The number of allylic oxidation sites excluding steroid dienone is 5. The van der Waals surface area contributed by atoms with Gasteiger partial charge in [-0.3, -0.25) is 9.59 Å². The van der Waals surface area contributed by atoms with E-state index in [0.717, 1.165) is 29.5 Å². The highest BCUT2D eigenvalue weighted by atomic mass is 19.1. The SMILES string of the molecule is C=CCc1cc(C2C3=C(CCCC3=O)OC3=C2C(=O)CCC3)cc(OCC)c1OCc1ccc(F)cc1. The molecule has 0 atom stereocenters. The molecule has 3 aliphatic rings. The van der Waals surface area contributed by atoms with E-state index in [0.29, 0.717) is 72.9 Å². The quantitative estimate of drug-likeness (QED) is 0.378. The first-order valence-electron chi connectivity index (χ1n) is 13.0. The lowest BCUT2D eigenvalue weighted by Gasteiger charge is -2.36. The number of ether oxygens (including phenoxy) is 3. The summed E-state index contributed by atoms with van der Waals surface area (Å²) >= 11 is 0. The molecule has 2 aromatic rings. The van der Waals surface area contributed by atoms with E-state index in [1.165, 1.54) is 12.1 Å². The van der Waals surface area contributed by atoms with Gasteiger partial charge < -0.3 is 14.2 Å². The number of hydrogen-bond donors (Lipinski definition) is 0. The third-order valence-electron chi connectivity index (χ3n) is 7.09. The van der Waals surface area contributed by atoms with E-state index in [1.807, 2.05) is 19.1 Å². The lowest BCUT2D eigenvalue weighted by molar-refractivity contribution is -0.117. The highest BCUT2D eigenvalue weighted by Crippen LogP contribution is 2.49. The van der Waals surface area contributed by atoms with Gasteiger partial charge in [0, 0.05) is 48.3 Å². The molecule has 37 heavy (non-hydrogen) atoms. The standard InChI is InChI=1S/C31H31FO5/c1-3-7-20-16-21(17-27(35-4-2)31(20)36-18-19-12-14-22(32)15-13-19)28-29-23(33)8-5-10-25(29)37-26-11-6-9-24(34)30(26)28/h3,12-17,28H,1,4-11,18H2,2H3. The third kappa shape index (κ3) is 4.97. The Morgan fingerprint density at radius 2 is 1.62 bits per heavy atom. The fourth-order valence-corrected chi connectivity index (χ4v) is 5.47. The molecular formula is C31H31FO5. The Bertz CT molecular complexity index is 1260. The number of carbonyl (C=O) groups excluding carboxylic acids is 2. The van der Waals surface area contributed by atoms with Gasteiger partial charge in [0.1, 0.15) is 23.9 Å². The highest BCUT2D eigenvalue weighted by Gasteiger charge is 2.42. The van der Waals surface area contributed by atoms with Crippen molar-refractivity contribution in [2.24, 2.45) is 0 Å². The predicted octanol–water partition coefficient (Wildman–Crippen LogP) is 6.66. The van der Waals surface area contributed by atoms with Crippen LogP contribution in [-0.4, -0.2) is 18.2 Å². The van der Waals surface area contributed by atoms with Gasteiger partial charge in [0.15, 0.2) is 23.1 Å². The number of benzene rings is 2. The molecule has 0 amide bonds. The Hall–Kier alpha value is -3.67. The molecule has 0 spiro atoms. The summed E-state index contributed by atoms with van der Waals surface area (Å²) in [5.74, 6) is 1.82. The molecule has 0 fully saturated rings. The molecule has 0 saturated carbocycles. The molecule has 0 bridgehead atoms. The van der Waals surface area contributed by atoms with Crippen LogP contribution in [-0.2, 0) is 27.4 Å². The predicted molar refractivity (Wildman–Crippen MR) is 138 cm³/mol. The summed E-state index contributed by atoms with van der Waals surface area (Å²) in [6, 6.07) is 10.1. The average molecular weight is 503 g/mol. The molecule has 6 heteroatoms. The van der Waals surface area contributed by atoms with Crippen LogP contribution in [0.3, 0.4) is 0 Å². The molecule has 2 aromatic carbocycles. The lowest BCUT2D eigenvalue weighted by atomic mass is 9.73. The number of rotatable bonds is 8. The van der Waals surface area contributed by atoms with E-state index < -0.39 is 5.92 Å². The summed E-state index contributed by atoms with van der Waals surface area (Å²) < 4.78 is 31.8. The minimum atomic E-state index is -0.478. The lowest BCUT2D eigenvalue weighted by Crippen LogP contribution is -2.30. The summed E-state index contributed by atoms with van der Waals surface area (Å²) in [6.07, 6.45) is 6.09. The van der Waals surface area contributed by atoms with Gasteiger partial charge in [-0.05, 0) is 55.5 Å². The fraction of sp³-hybridized carbons (Fsp3) is 0.355. The van der Waals surface area contributed by atoms with E-state index in [2.05, 4.69) is 6.58 Å². The first kappa shape index (κ1) is 25.0. The minimum Gasteiger partial charge on any atom is -0.490 e. The van der Waals surface area contributed by atoms with Crippen LogP contribution in [0.4, 0.5) is 4.39 Å². The smallest absolute Gasteiger partial charge is 0.165 e. The number of ketones is 2. The molecule has 2 aliphatic carbocycles. The van der Waals surface area contributed by atoms with E-state index in [1.54, 1.807) is 18.2 Å². The van der Waals surface area contributed by atoms with Gasteiger partial charge in [-0.1, -0.05) is 24.3 Å². The van der Waals surface area contributed by atoms with Crippen LogP contribution in [0.1, 0.15) is 68.1 Å². The molecule has 5 rings (SSSR count). The summed E-state index contributed by atoms with van der Waals surface area (Å²) in [7, 11) is 0. The molecule has 0 N–H and O–H groups in total. The second-order valence-electron chi connectivity index (χ2n) is 9.61. The van der Waals surface area contributed by atoms with Crippen molar-refractivity contribution in [2.45, 2.75) is 64.4 Å². The number of Topliss-reactive ketones (excluding diaryl/α,β-unsaturated/α-hetero) is 2. The van der Waals surface area contributed by atoms with E-state index in [9.17, 15) is 14.0 Å². The largest absolute Gasteiger partial charge is 0.490 e. The Kier molecular flexibility index (Phi) is 7.26. The molecule has 1 heterocycles. The number of halogens is 1. The number of carbonyl (C=O) groups is 2. The maximum atomic E-state index is 13.4. The molecule has 0 saturated heterocycles. The van der Waals surface area contributed by atoms with Crippen LogP contribution in [0.2, 0.25) is 0 Å². The fourth-order valence-electron chi connectivity index (χ4n) is 5.47. The summed E-state index contributed by atoms with van der Waals surface area (Å²) in [4.78, 5) is 26.4. The molecule has 0 unspecified atom stereocenters. The first-order chi connectivity index (χ1) is 18.0. The Morgan fingerprint density at radius 1 is 0.973 bits per heavy atom. The summed E-state index contributed by atoms with van der Waals surface area (Å²) in [5, 5.41) is 0. The van der Waals surface area contributed by atoms with Crippen molar-refractivity contribution in [2.75, 3.05) is 6.61 Å². The van der Waals surface area contributed by atoms with Gasteiger partial charge in [0.25, 0.3) is 0 Å². The molecule has 192 valence electrons. The average Bonchev–Trinajstić information content (AvgIpc) is 2.88. The zero-order chi connectivity index (χ0) is 25.9. The van der Waals surface area contributed by atoms with E-state index in [-0.39, 0.29) is 24.0 Å². The first-order valence-corrected chi connectivity index (χ1v) is 13.0. The van der Waals surface area contributed by atoms with Gasteiger partial charge in [0.2, 0.25) is 0 Å². The van der Waals surface area contributed by atoms with Gasteiger partial charge in [-0.15, -0.1) is 6.58 Å². The van der Waals surface area contributed by atoms with Crippen LogP contribution >= 0.6 is 0 Å². The molecular weight excluding hydrogens is 471 g/mol. The highest BCUT2D eigenvalue weighted by molar-refractivity contribution is 6.05. The normalized spacial score (nSPS) is 17.8. The van der Waals surface area contributed by atoms with Crippen molar-refractivity contribution in [1.29, 1.82) is 0 Å². The zero-order valence-electron chi connectivity index (χ0n) is 21.1. The monoisotopic (exact) mass is 502 g/mol. The topological polar surface area (TPSA) is 61.8 Å². The minimum absolute atomic E-state index is 0.0380. The Balaban J connectivity index is 1.61. The Labute approximate surface area is 216 Å². The molecule has 5 nitrogen and oxygen atoms in total. The van der Waals surface area contributed by atoms with Crippen molar-refractivity contribution in [3.05, 3.63) is 94.2 Å². The maximum Gasteiger partial charge on any atom is 0.165 e. The summed E-state index contributed by atoms with van der Waals surface area (Å²) in [6.45, 7) is 6.46. The van der Waals surface area contributed by atoms with Crippen LogP contribution in [0.25, 0.3) is 0 Å². The van der Waals surface area contributed by atoms with Crippen molar-refractivity contribution < 1.29 is 28.2 Å². The number of hydrogen-bond acceptors (Lipinski definition) is 5. The van der Waals surface area contributed by atoms with Crippen molar-refractivity contribution in [3.63, 3.8) is 0 Å². The van der Waals surface area contributed by atoms with Gasteiger partial charge in [-0.25, -0.2) is 4.39 Å². The molecule has 1 aliphatic heterocycles. The van der Waals surface area contributed by atoms with Crippen molar-refractivity contribution in [3.8, 4) is 11.5 Å². The van der Waals surface area contributed by atoms with Crippen LogP contribution in [0.15, 0.2) is 71.7 Å². The second-order valence-corrected chi connectivity index (χ2v) is 9.61. The molecule has 0 aromatic heterocycles. The van der Waals surface area contributed by atoms with Crippen LogP contribution in [0, 0.1) is 5.82 Å². The Morgan fingerprint density at radius 3 is 2.22 bits per heavy atom. The van der Waals surface area contributed by atoms with Crippen LogP contribution in [0.5, 0.6) is 11.5 Å². The third-order valence-corrected chi connectivity index (χ3v) is 7.09. The van der Waals surface area contributed by atoms with Gasteiger partial charge in [-0.2, -0.15) is 0 Å². The van der Waals surface area contributed by atoms with Crippen molar-refractivity contribution >= 4 is 11.6 Å². The van der Waals surface area contributed by atoms with Gasteiger partial charge >= 0.3 is 0 Å². The molecule has 0 radical (unpaired) electrons. The van der Waals surface area contributed by atoms with Crippen LogP contribution < -0.4 is 9.47 Å². The summed E-state index contributed by atoms with van der Waals surface area (Å²) in [5.41, 5.74) is 3.70. The van der Waals surface area contributed by atoms with E-state index in [4.69, 9.17) is 14.2 Å². The maximum absolute atomic E-state index is 13.4. The van der Waals surface area contributed by atoms with E-state index >= 15 is 0 Å². The van der Waals surface area contributed by atoms with Crippen molar-refractivity contribution in [1.82, 2.24) is 0 Å². The zero-order valence-corrected chi connectivity index (χ0v) is 21.1. The van der Waals surface area contributed by atoms with Gasteiger partial charge in [0.05, 0.1) is 6.61 Å².